The fraction of sp³-hybridized carbons (Fsp3) is 1.00. The van der Waals surface area contributed by atoms with Gasteiger partial charge in [0.15, 0.2) is 0 Å². The van der Waals surface area contributed by atoms with Crippen LogP contribution in [0.3, 0.4) is 0 Å². The second kappa shape index (κ2) is 9.83. The summed E-state index contributed by atoms with van der Waals surface area (Å²) in [6.07, 6.45) is 6.58. The van der Waals surface area contributed by atoms with Gasteiger partial charge in [0.25, 0.3) is 0 Å². The Balaban J connectivity index is 4.22. The van der Waals surface area contributed by atoms with E-state index in [9.17, 15) is 0 Å². The summed E-state index contributed by atoms with van der Waals surface area (Å²) in [6.45, 7) is 16.4. The maximum atomic E-state index is 3.80. The molecule has 2 unspecified atom stereocenters. The molecule has 0 aromatic heterocycles. The van der Waals surface area contributed by atoms with Crippen molar-refractivity contribution in [1.82, 2.24) is 5.32 Å². The highest BCUT2D eigenvalue weighted by Crippen LogP contribution is 2.26. The van der Waals surface area contributed by atoms with E-state index < -0.39 is 0 Å². The fourth-order valence-corrected chi connectivity index (χ4v) is 3.01. The Morgan fingerprint density at radius 2 is 1.33 bits per heavy atom. The summed E-state index contributed by atoms with van der Waals surface area (Å²) in [5.74, 6) is 2.51. The summed E-state index contributed by atoms with van der Waals surface area (Å²) in [7, 11) is 0. The van der Waals surface area contributed by atoms with Crippen LogP contribution in [-0.4, -0.2) is 12.1 Å². The highest BCUT2D eigenvalue weighted by molar-refractivity contribution is 4.75. The molecule has 1 N–H and O–H groups in total. The van der Waals surface area contributed by atoms with Crippen LogP contribution >= 0.6 is 0 Å². The van der Waals surface area contributed by atoms with Crippen LogP contribution in [0.1, 0.15) is 80.6 Å². The van der Waals surface area contributed by atoms with E-state index in [2.05, 4.69) is 53.8 Å². The number of hydrogen-bond acceptors (Lipinski definition) is 1. The fourth-order valence-electron chi connectivity index (χ4n) is 3.01. The first kappa shape index (κ1) is 18.0. The van der Waals surface area contributed by atoms with Crippen LogP contribution in [-0.2, 0) is 0 Å². The van der Waals surface area contributed by atoms with Crippen molar-refractivity contribution in [3.63, 3.8) is 0 Å². The Hall–Kier alpha value is -0.0400. The molecular weight excluding hydrogens is 218 g/mol. The Labute approximate surface area is 116 Å². The molecule has 0 radical (unpaired) electrons. The first-order valence-electron chi connectivity index (χ1n) is 8.18. The maximum absolute atomic E-state index is 3.80. The molecule has 0 aromatic rings. The molecule has 0 aliphatic rings. The van der Waals surface area contributed by atoms with Crippen molar-refractivity contribution >= 4 is 0 Å². The normalized spacial score (nSPS) is 15.7. The van der Waals surface area contributed by atoms with E-state index in [1.54, 1.807) is 0 Å². The van der Waals surface area contributed by atoms with E-state index in [4.69, 9.17) is 0 Å². The molecule has 0 amide bonds. The van der Waals surface area contributed by atoms with Crippen molar-refractivity contribution in [2.45, 2.75) is 92.7 Å². The third kappa shape index (κ3) is 7.41. The average molecular weight is 255 g/mol. The molecule has 0 saturated carbocycles. The second-order valence-electron chi connectivity index (χ2n) is 6.69. The monoisotopic (exact) mass is 255 g/mol. The SMILES string of the molecule is CCCC(CCC(C(C)C)C(C)C)NC(C)CC. The summed E-state index contributed by atoms with van der Waals surface area (Å²) in [5.41, 5.74) is 0. The molecule has 0 bridgehead atoms. The molecule has 1 heteroatoms. The first-order valence-corrected chi connectivity index (χ1v) is 8.18. The van der Waals surface area contributed by atoms with Gasteiger partial charge in [-0.05, 0) is 50.4 Å². The molecule has 0 aromatic carbocycles. The molecule has 1 nitrogen and oxygen atoms in total. The van der Waals surface area contributed by atoms with E-state index in [0.29, 0.717) is 6.04 Å². The Kier molecular flexibility index (Phi) is 9.81. The van der Waals surface area contributed by atoms with E-state index in [1.165, 1.54) is 32.1 Å². The maximum Gasteiger partial charge on any atom is 0.00695 e. The highest BCUT2D eigenvalue weighted by atomic mass is 14.9. The van der Waals surface area contributed by atoms with Gasteiger partial charge in [-0.1, -0.05) is 48.0 Å². The number of rotatable bonds is 10. The Morgan fingerprint density at radius 1 is 0.778 bits per heavy atom. The quantitative estimate of drug-likeness (QED) is 0.562. The first-order chi connectivity index (χ1) is 8.42. The molecule has 2 atom stereocenters. The van der Waals surface area contributed by atoms with Crippen molar-refractivity contribution in [2.75, 3.05) is 0 Å². The van der Waals surface area contributed by atoms with Crippen LogP contribution in [0, 0.1) is 17.8 Å². The van der Waals surface area contributed by atoms with E-state index in [-0.39, 0.29) is 0 Å². The average Bonchev–Trinajstić information content (AvgIpc) is 2.28. The molecule has 0 fully saturated rings. The van der Waals surface area contributed by atoms with Crippen LogP contribution in [0.25, 0.3) is 0 Å². The third-order valence-corrected chi connectivity index (χ3v) is 4.33. The third-order valence-electron chi connectivity index (χ3n) is 4.33. The van der Waals surface area contributed by atoms with Gasteiger partial charge >= 0.3 is 0 Å². The van der Waals surface area contributed by atoms with Crippen molar-refractivity contribution in [3.8, 4) is 0 Å². The minimum Gasteiger partial charge on any atom is -0.312 e. The van der Waals surface area contributed by atoms with Gasteiger partial charge in [-0.25, -0.2) is 0 Å². The minimum absolute atomic E-state index is 0.665. The summed E-state index contributed by atoms with van der Waals surface area (Å²) in [5, 5.41) is 3.80. The highest BCUT2D eigenvalue weighted by Gasteiger charge is 2.19. The zero-order valence-electron chi connectivity index (χ0n) is 13.9. The molecule has 18 heavy (non-hydrogen) atoms. The summed E-state index contributed by atoms with van der Waals surface area (Å²) in [4.78, 5) is 0. The van der Waals surface area contributed by atoms with Gasteiger partial charge in [-0.3, -0.25) is 0 Å². The number of nitrogens with one attached hydrogen (secondary N) is 1. The summed E-state index contributed by atoms with van der Waals surface area (Å²) in [6, 6.07) is 1.39. The smallest absolute Gasteiger partial charge is 0.00695 e. The van der Waals surface area contributed by atoms with Crippen LogP contribution < -0.4 is 5.32 Å². The van der Waals surface area contributed by atoms with E-state index >= 15 is 0 Å². The Morgan fingerprint density at radius 3 is 1.72 bits per heavy atom. The zero-order chi connectivity index (χ0) is 14.1. The van der Waals surface area contributed by atoms with Crippen molar-refractivity contribution in [1.29, 1.82) is 0 Å². The van der Waals surface area contributed by atoms with Crippen LogP contribution in [0.4, 0.5) is 0 Å². The van der Waals surface area contributed by atoms with Crippen molar-refractivity contribution in [2.24, 2.45) is 17.8 Å². The topological polar surface area (TPSA) is 12.0 Å². The number of hydrogen-bond donors (Lipinski definition) is 1. The van der Waals surface area contributed by atoms with E-state index in [1.807, 2.05) is 0 Å². The molecular formula is C17H37N. The van der Waals surface area contributed by atoms with Crippen LogP contribution in [0.2, 0.25) is 0 Å². The lowest BCUT2D eigenvalue weighted by Crippen LogP contribution is -2.36. The van der Waals surface area contributed by atoms with Gasteiger partial charge in [0, 0.05) is 12.1 Å². The molecule has 0 heterocycles. The van der Waals surface area contributed by atoms with Crippen LogP contribution in [0.15, 0.2) is 0 Å². The molecule has 0 aliphatic carbocycles. The van der Waals surface area contributed by atoms with Gasteiger partial charge in [0.1, 0.15) is 0 Å². The van der Waals surface area contributed by atoms with Gasteiger partial charge in [-0.15, -0.1) is 0 Å². The van der Waals surface area contributed by atoms with Gasteiger partial charge < -0.3 is 5.32 Å². The van der Waals surface area contributed by atoms with Gasteiger partial charge in [0.2, 0.25) is 0 Å². The Bertz CT molecular complexity index is 178. The predicted octanol–water partition coefficient (Wildman–Crippen LogP) is 5.25. The molecule has 110 valence electrons. The lowest BCUT2D eigenvalue weighted by Gasteiger charge is -2.28. The lowest BCUT2D eigenvalue weighted by molar-refractivity contribution is 0.245. The predicted molar refractivity (Wildman–Crippen MR) is 84.0 cm³/mol. The molecule has 0 aliphatic heterocycles. The summed E-state index contributed by atoms with van der Waals surface area (Å²) < 4.78 is 0. The largest absolute Gasteiger partial charge is 0.312 e. The van der Waals surface area contributed by atoms with Gasteiger partial charge in [-0.2, -0.15) is 0 Å². The van der Waals surface area contributed by atoms with Crippen LogP contribution in [0.5, 0.6) is 0 Å². The zero-order valence-corrected chi connectivity index (χ0v) is 13.9. The minimum atomic E-state index is 0.665. The summed E-state index contributed by atoms with van der Waals surface area (Å²) >= 11 is 0. The molecule has 0 spiro atoms. The van der Waals surface area contributed by atoms with Crippen molar-refractivity contribution < 1.29 is 0 Å². The van der Waals surface area contributed by atoms with Crippen molar-refractivity contribution in [3.05, 3.63) is 0 Å². The van der Waals surface area contributed by atoms with Gasteiger partial charge in [0.05, 0.1) is 0 Å². The molecule has 0 saturated heterocycles. The van der Waals surface area contributed by atoms with E-state index in [0.717, 1.165) is 23.8 Å². The molecule has 0 rings (SSSR count). The lowest BCUT2D eigenvalue weighted by atomic mass is 9.81. The second-order valence-corrected chi connectivity index (χ2v) is 6.69. The standard InChI is InChI=1S/C17H37N/c1-8-10-16(18-15(7)9-2)11-12-17(13(3)4)14(5)6/h13-18H,8-12H2,1-7H3.